The number of amides is 1. The monoisotopic (exact) mass is 339 g/mol. The van der Waals surface area contributed by atoms with Crippen molar-refractivity contribution in [1.29, 1.82) is 5.26 Å². The summed E-state index contributed by atoms with van der Waals surface area (Å²) in [5, 5.41) is 15.3. The summed E-state index contributed by atoms with van der Waals surface area (Å²) in [6.07, 6.45) is 7.09. The van der Waals surface area contributed by atoms with Crippen molar-refractivity contribution in [2.75, 3.05) is 6.54 Å². The summed E-state index contributed by atoms with van der Waals surface area (Å²) in [5.41, 5.74) is 4.10. The SMILES string of the molecule is CCC(NC(=O)/C(C#N)=C\NCC(C)C)c1ccc2c(c1)CCCC2. The zero-order valence-electron chi connectivity index (χ0n) is 15.6. The second kappa shape index (κ2) is 9.27. The van der Waals surface area contributed by atoms with Crippen LogP contribution in [0.2, 0.25) is 0 Å². The van der Waals surface area contributed by atoms with E-state index in [0.717, 1.165) is 31.4 Å². The number of aryl methyl sites for hydroxylation is 2. The molecule has 0 bridgehead atoms. The fraction of sp³-hybridized carbons (Fsp3) is 0.524. The van der Waals surface area contributed by atoms with Gasteiger partial charge in [-0.05, 0) is 54.7 Å². The molecule has 1 aromatic carbocycles. The number of hydrogen-bond acceptors (Lipinski definition) is 3. The second-order valence-electron chi connectivity index (χ2n) is 7.14. The molecule has 4 heteroatoms. The van der Waals surface area contributed by atoms with Crippen LogP contribution in [0.15, 0.2) is 30.0 Å². The summed E-state index contributed by atoms with van der Waals surface area (Å²) in [4.78, 5) is 12.4. The lowest BCUT2D eigenvalue weighted by Crippen LogP contribution is -2.30. The molecular formula is C21H29N3O. The molecule has 1 amide bonds. The molecule has 0 heterocycles. The molecule has 4 nitrogen and oxygen atoms in total. The average Bonchev–Trinajstić information content (AvgIpc) is 2.62. The van der Waals surface area contributed by atoms with Gasteiger partial charge in [0.15, 0.2) is 0 Å². The Bertz CT molecular complexity index is 670. The van der Waals surface area contributed by atoms with Gasteiger partial charge in [0.25, 0.3) is 5.91 Å². The number of nitriles is 1. The van der Waals surface area contributed by atoms with Crippen LogP contribution < -0.4 is 10.6 Å². The smallest absolute Gasteiger partial charge is 0.263 e. The van der Waals surface area contributed by atoms with Gasteiger partial charge in [0.2, 0.25) is 0 Å². The largest absolute Gasteiger partial charge is 0.389 e. The van der Waals surface area contributed by atoms with Crippen LogP contribution in [0.3, 0.4) is 0 Å². The first-order valence-electron chi connectivity index (χ1n) is 9.31. The van der Waals surface area contributed by atoms with E-state index in [0.29, 0.717) is 5.92 Å². The quantitative estimate of drug-likeness (QED) is 0.587. The summed E-state index contributed by atoms with van der Waals surface area (Å²) >= 11 is 0. The second-order valence-corrected chi connectivity index (χ2v) is 7.14. The van der Waals surface area contributed by atoms with Crippen LogP contribution in [-0.2, 0) is 17.6 Å². The lowest BCUT2D eigenvalue weighted by Gasteiger charge is -2.21. The van der Waals surface area contributed by atoms with E-state index >= 15 is 0 Å². The van der Waals surface area contributed by atoms with Crippen LogP contribution in [-0.4, -0.2) is 12.5 Å². The van der Waals surface area contributed by atoms with E-state index in [-0.39, 0.29) is 17.5 Å². The van der Waals surface area contributed by atoms with Crippen LogP contribution in [0.1, 0.15) is 62.8 Å². The van der Waals surface area contributed by atoms with Gasteiger partial charge in [0, 0.05) is 12.7 Å². The molecule has 0 aliphatic heterocycles. The predicted octanol–water partition coefficient (Wildman–Crippen LogP) is 3.79. The van der Waals surface area contributed by atoms with Gasteiger partial charge in [-0.1, -0.05) is 39.0 Å². The molecule has 1 atom stereocenters. The summed E-state index contributed by atoms with van der Waals surface area (Å²) in [6, 6.07) is 8.47. The Hall–Kier alpha value is -2.28. The van der Waals surface area contributed by atoms with Crippen molar-refractivity contribution < 1.29 is 4.79 Å². The van der Waals surface area contributed by atoms with E-state index in [9.17, 15) is 10.1 Å². The van der Waals surface area contributed by atoms with Crippen molar-refractivity contribution in [3.05, 3.63) is 46.7 Å². The van der Waals surface area contributed by atoms with Crippen molar-refractivity contribution in [1.82, 2.24) is 10.6 Å². The molecule has 2 N–H and O–H groups in total. The third kappa shape index (κ3) is 5.35. The number of hydrogen-bond donors (Lipinski definition) is 2. The maximum atomic E-state index is 12.4. The molecule has 0 fully saturated rings. The molecule has 0 saturated heterocycles. The normalized spacial score (nSPS) is 15.2. The molecule has 0 saturated carbocycles. The molecular weight excluding hydrogens is 310 g/mol. The highest BCUT2D eigenvalue weighted by molar-refractivity contribution is 5.97. The zero-order valence-corrected chi connectivity index (χ0v) is 15.6. The Morgan fingerprint density at radius 2 is 2.00 bits per heavy atom. The van der Waals surface area contributed by atoms with Crippen LogP contribution >= 0.6 is 0 Å². The summed E-state index contributed by atoms with van der Waals surface area (Å²) < 4.78 is 0. The highest BCUT2D eigenvalue weighted by atomic mass is 16.1. The van der Waals surface area contributed by atoms with Gasteiger partial charge < -0.3 is 10.6 Å². The third-order valence-corrected chi connectivity index (χ3v) is 4.63. The van der Waals surface area contributed by atoms with E-state index in [1.54, 1.807) is 0 Å². The molecule has 134 valence electrons. The highest BCUT2D eigenvalue weighted by Gasteiger charge is 2.18. The molecule has 0 radical (unpaired) electrons. The number of carbonyl (C=O) groups excluding carboxylic acids is 1. The number of benzene rings is 1. The minimum absolute atomic E-state index is 0.0680. The van der Waals surface area contributed by atoms with E-state index in [1.807, 2.05) is 6.07 Å². The lowest BCUT2D eigenvalue weighted by molar-refractivity contribution is -0.117. The maximum Gasteiger partial charge on any atom is 0.263 e. The van der Waals surface area contributed by atoms with Crippen molar-refractivity contribution in [3.8, 4) is 6.07 Å². The summed E-state index contributed by atoms with van der Waals surface area (Å²) in [5.74, 6) is 0.140. The first-order valence-corrected chi connectivity index (χ1v) is 9.31. The number of rotatable bonds is 7. The molecule has 1 aromatic rings. The van der Waals surface area contributed by atoms with E-state index in [2.05, 4.69) is 49.6 Å². The molecule has 0 aromatic heterocycles. The first kappa shape index (κ1) is 19.1. The van der Waals surface area contributed by atoms with E-state index < -0.39 is 0 Å². The Morgan fingerprint density at radius 1 is 1.28 bits per heavy atom. The fourth-order valence-corrected chi connectivity index (χ4v) is 3.17. The number of fused-ring (bicyclic) bond motifs is 1. The van der Waals surface area contributed by atoms with Gasteiger partial charge in [0.05, 0.1) is 6.04 Å². The Kier molecular flexibility index (Phi) is 7.06. The van der Waals surface area contributed by atoms with Crippen molar-refractivity contribution >= 4 is 5.91 Å². The van der Waals surface area contributed by atoms with E-state index in [4.69, 9.17) is 0 Å². The minimum atomic E-state index is -0.316. The minimum Gasteiger partial charge on any atom is -0.389 e. The maximum absolute atomic E-state index is 12.4. The topological polar surface area (TPSA) is 64.9 Å². The highest BCUT2D eigenvalue weighted by Crippen LogP contribution is 2.26. The average molecular weight is 339 g/mol. The van der Waals surface area contributed by atoms with Crippen molar-refractivity contribution in [3.63, 3.8) is 0 Å². The standard InChI is InChI=1S/C21H29N3O/c1-4-20(18-10-9-16-7-5-6-8-17(16)11-18)24-21(25)19(12-22)14-23-13-15(2)3/h9-11,14-15,20,23H,4-8,13H2,1-3H3,(H,24,25)/b19-14-. The van der Waals surface area contributed by atoms with Crippen LogP contribution in [0.4, 0.5) is 0 Å². The Balaban J connectivity index is 2.07. The Labute approximate surface area is 151 Å². The molecule has 25 heavy (non-hydrogen) atoms. The Morgan fingerprint density at radius 3 is 2.64 bits per heavy atom. The van der Waals surface area contributed by atoms with E-state index in [1.165, 1.54) is 30.2 Å². The molecule has 2 rings (SSSR count). The molecule has 1 aliphatic rings. The number of nitrogens with zero attached hydrogens (tertiary/aromatic N) is 1. The molecule has 1 unspecified atom stereocenters. The van der Waals surface area contributed by atoms with Crippen molar-refractivity contribution in [2.45, 2.75) is 58.9 Å². The van der Waals surface area contributed by atoms with Gasteiger partial charge in [-0.3, -0.25) is 4.79 Å². The van der Waals surface area contributed by atoms with Crippen LogP contribution in [0.5, 0.6) is 0 Å². The fourth-order valence-electron chi connectivity index (χ4n) is 3.17. The van der Waals surface area contributed by atoms with Gasteiger partial charge in [-0.2, -0.15) is 5.26 Å². The summed E-state index contributed by atoms with van der Waals surface area (Å²) in [7, 11) is 0. The third-order valence-electron chi connectivity index (χ3n) is 4.63. The first-order chi connectivity index (χ1) is 12.0. The van der Waals surface area contributed by atoms with Gasteiger partial charge in [-0.15, -0.1) is 0 Å². The number of carbonyl (C=O) groups is 1. The van der Waals surface area contributed by atoms with Gasteiger partial charge in [0.1, 0.15) is 11.6 Å². The summed E-state index contributed by atoms with van der Waals surface area (Å²) in [6.45, 7) is 6.95. The van der Waals surface area contributed by atoms with Crippen LogP contribution in [0, 0.1) is 17.2 Å². The molecule has 0 spiro atoms. The lowest BCUT2D eigenvalue weighted by atomic mass is 9.88. The molecule has 1 aliphatic carbocycles. The number of nitrogens with one attached hydrogen (secondary N) is 2. The van der Waals surface area contributed by atoms with Crippen LogP contribution in [0.25, 0.3) is 0 Å². The van der Waals surface area contributed by atoms with Gasteiger partial charge in [-0.25, -0.2) is 0 Å². The zero-order chi connectivity index (χ0) is 18.2. The predicted molar refractivity (Wildman–Crippen MR) is 101 cm³/mol. The van der Waals surface area contributed by atoms with Gasteiger partial charge >= 0.3 is 0 Å². The van der Waals surface area contributed by atoms with Crippen molar-refractivity contribution in [2.24, 2.45) is 5.92 Å².